The zero-order chi connectivity index (χ0) is 25.2. The maximum atomic E-state index is 12.4. The standard InChI is InChI=1S/C20H28N2O10S/c1-11(12(23)4-5-14(25)26)19(30)33-9-8-21-13(24)6-7-22-16(27)15-20(2,3)10-31-17(28)18(29)32-15/h11,15H,4-10H2,1-3H3,(H,21,24)(H,22,27)(H,25,26)/t11?,15-/m0/s1. The lowest BCUT2D eigenvalue weighted by molar-refractivity contribution is -0.168. The number of esters is 2. The number of hydrogen-bond donors (Lipinski definition) is 3. The van der Waals surface area contributed by atoms with Crippen molar-refractivity contribution in [3.05, 3.63) is 0 Å². The average Bonchev–Trinajstić information content (AvgIpc) is 2.85. The van der Waals surface area contributed by atoms with E-state index >= 15 is 0 Å². The Morgan fingerprint density at radius 2 is 1.73 bits per heavy atom. The van der Waals surface area contributed by atoms with E-state index in [1.54, 1.807) is 13.8 Å². The lowest BCUT2D eigenvalue weighted by atomic mass is 9.87. The van der Waals surface area contributed by atoms with Crippen LogP contribution in [0, 0.1) is 11.3 Å². The molecule has 2 amide bonds. The van der Waals surface area contributed by atoms with Crippen LogP contribution in [0.25, 0.3) is 0 Å². The summed E-state index contributed by atoms with van der Waals surface area (Å²) in [5.74, 6) is -5.77. The van der Waals surface area contributed by atoms with Gasteiger partial charge in [0.1, 0.15) is 12.4 Å². The molecule has 1 aliphatic rings. The smallest absolute Gasteiger partial charge is 0.418 e. The SMILES string of the molecule is CC(C(=O)CCC(=O)O)C(=O)SCCNC(=O)CCNC(=O)[C@@H]1OC(=O)C(=O)OCC1(C)C. The molecule has 0 aromatic rings. The fraction of sp³-hybridized carbons (Fsp3) is 0.650. The molecule has 13 heteroatoms. The third-order valence-corrected chi connectivity index (χ3v) is 5.70. The first-order valence-electron chi connectivity index (χ1n) is 10.2. The maximum absolute atomic E-state index is 12.4. The molecule has 1 aliphatic heterocycles. The maximum Gasteiger partial charge on any atom is 0.418 e. The van der Waals surface area contributed by atoms with Crippen molar-refractivity contribution in [2.45, 2.75) is 46.1 Å². The number of aliphatic carboxylic acids is 1. The molecule has 0 aromatic carbocycles. The summed E-state index contributed by atoms with van der Waals surface area (Å²) < 4.78 is 9.66. The van der Waals surface area contributed by atoms with Crippen molar-refractivity contribution in [1.29, 1.82) is 0 Å². The van der Waals surface area contributed by atoms with Gasteiger partial charge in [-0.15, -0.1) is 0 Å². The molecule has 3 N–H and O–H groups in total. The topological polar surface area (TPSA) is 182 Å². The molecule has 33 heavy (non-hydrogen) atoms. The van der Waals surface area contributed by atoms with Crippen LogP contribution < -0.4 is 10.6 Å². The van der Waals surface area contributed by atoms with Crippen LogP contribution in [-0.2, 0) is 43.0 Å². The zero-order valence-corrected chi connectivity index (χ0v) is 19.5. The third kappa shape index (κ3) is 9.60. The van der Waals surface area contributed by atoms with Crippen LogP contribution in [0.5, 0.6) is 0 Å². The van der Waals surface area contributed by atoms with Crippen molar-refractivity contribution in [3.8, 4) is 0 Å². The van der Waals surface area contributed by atoms with E-state index in [4.69, 9.17) is 14.6 Å². The van der Waals surface area contributed by atoms with Gasteiger partial charge < -0.3 is 25.2 Å². The quantitative estimate of drug-likeness (QED) is 0.138. The first-order chi connectivity index (χ1) is 15.3. The largest absolute Gasteiger partial charge is 0.481 e. The molecular formula is C20H28N2O10S. The first kappa shape index (κ1) is 28.1. The fourth-order valence-corrected chi connectivity index (χ4v) is 3.42. The summed E-state index contributed by atoms with van der Waals surface area (Å²) in [7, 11) is 0. The van der Waals surface area contributed by atoms with Gasteiger partial charge in [0.15, 0.2) is 11.2 Å². The second-order valence-electron chi connectivity index (χ2n) is 7.99. The first-order valence-corrected chi connectivity index (χ1v) is 11.2. The van der Waals surface area contributed by atoms with Crippen molar-refractivity contribution >= 4 is 52.4 Å². The van der Waals surface area contributed by atoms with Crippen molar-refractivity contribution in [2.24, 2.45) is 11.3 Å². The number of carboxylic acid groups (broad SMARTS) is 1. The number of nitrogens with one attached hydrogen (secondary N) is 2. The van der Waals surface area contributed by atoms with Gasteiger partial charge in [-0.05, 0) is 6.92 Å². The number of carboxylic acids is 1. The van der Waals surface area contributed by atoms with Crippen LogP contribution in [0.1, 0.15) is 40.0 Å². The highest BCUT2D eigenvalue weighted by Gasteiger charge is 2.44. The molecule has 0 spiro atoms. The Morgan fingerprint density at radius 3 is 2.36 bits per heavy atom. The molecule has 2 atom stereocenters. The lowest BCUT2D eigenvalue weighted by Gasteiger charge is -2.28. The molecule has 12 nitrogen and oxygen atoms in total. The van der Waals surface area contributed by atoms with Crippen LogP contribution in [0.3, 0.4) is 0 Å². The Hall–Kier alpha value is -2.96. The van der Waals surface area contributed by atoms with Crippen molar-refractivity contribution in [3.63, 3.8) is 0 Å². The summed E-state index contributed by atoms with van der Waals surface area (Å²) in [6, 6.07) is 0. The number of thioether (sulfide) groups is 1. The van der Waals surface area contributed by atoms with Crippen LogP contribution in [0.2, 0.25) is 0 Å². The summed E-state index contributed by atoms with van der Waals surface area (Å²) >= 11 is 0.859. The zero-order valence-electron chi connectivity index (χ0n) is 18.6. The molecule has 0 bridgehead atoms. The molecule has 1 heterocycles. The average molecular weight is 489 g/mol. The second-order valence-corrected chi connectivity index (χ2v) is 9.09. The Balaban J connectivity index is 2.30. The molecule has 184 valence electrons. The minimum atomic E-state index is -1.26. The molecular weight excluding hydrogens is 460 g/mol. The van der Waals surface area contributed by atoms with Crippen LogP contribution in [-0.4, -0.2) is 77.3 Å². The highest BCUT2D eigenvalue weighted by atomic mass is 32.2. The second kappa shape index (κ2) is 12.9. The van der Waals surface area contributed by atoms with Gasteiger partial charge in [-0.3, -0.25) is 24.0 Å². The molecule has 0 radical (unpaired) electrons. The predicted molar refractivity (Wildman–Crippen MR) is 114 cm³/mol. The van der Waals surface area contributed by atoms with E-state index in [1.165, 1.54) is 6.92 Å². The molecule has 0 aliphatic carbocycles. The van der Waals surface area contributed by atoms with Gasteiger partial charge in [0, 0.05) is 37.1 Å². The van der Waals surface area contributed by atoms with Crippen molar-refractivity contribution in [1.82, 2.24) is 10.6 Å². The van der Waals surface area contributed by atoms with E-state index < -0.39 is 58.1 Å². The Kier molecular flexibility index (Phi) is 11.0. The molecule has 0 saturated carbocycles. The molecule has 1 saturated heterocycles. The van der Waals surface area contributed by atoms with Gasteiger partial charge >= 0.3 is 17.9 Å². The van der Waals surface area contributed by atoms with Crippen LogP contribution in [0.4, 0.5) is 0 Å². The Labute approximate surface area is 194 Å². The van der Waals surface area contributed by atoms with Crippen molar-refractivity contribution < 1.29 is 48.1 Å². The number of ether oxygens (including phenoxy) is 2. The number of amides is 2. The van der Waals surface area contributed by atoms with E-state index in [1.807, 2.05) is 0 Å². The third-order valence-electron chi connectivity index (χ3n) is 4.66. The van der Waals surface area contributed by atoms with Gasteiger partial charge in [-0.1, -0.05) is 25.6 Å². The van der Waals surface area contributed by atoms with Crippen molar-refractivity contribution in [2.75, 3.05) is 25.4 Å². The van der Waals surface area contributed by atoms with E-state index in [-0.39, 0.29) is 44.7 Å². The number of ketones is 1. The lowest BCUT2D eigenvalue weighted by Crippen LogP contribution is -2.47. The number of cyclic esters (lactones) is 2. The number of carbonyl (C=O) groups excluding carboxylic acids is 6. The van der Waals surface area contributed by atoms with Crippen LogP contribution >= 0.6 is 11.8 Å². The number of rotatable bonds is 12. The highest BCUT2D eigenvalue weighted by Crippen LogP contribution is 2.27. The minimum absolute atomic E-state index is 0.0508. The predicted octanol–water partition coefficient (Wildman–Crippen LogP) is -0.566. The molecule has 1 unspecified atom stereocenters. The van der Waals surface area contributed by atoms with Gasteiger partial charge in [0.25, 0.3) is 5.91 Å². The number of Topliss-reactive ketones (excluding diaryl/α,β-unsaturated/α-hetero) is 1. The van der Waals surface area contributed by atoms with E-state index in [0.717, 1.165) is 11.8 Å². The molecule has 0 aromatic heterocycles. The summed E-state index contributed by atoms with van der Waals surface area (Å²) in [6.45, 7) is 4.51. The molecule has 1 rings (SSSR count). The summed E-state index contributed by atoms with van der Waals surface area (Å²) in [5.41, 5.74) is -0.954. The van der Waals surface area contributed by atoms with Gasteiger partial charge in [0.05, 0.1) is 12.3 Å². The summed E-state index contributed by atoms with van der Waals surface area (Å²) in [6.07, 6.45) is -1.89. The van der Waals surface area contributed by atoms with Crippen LogP contribution in [0.15, 0.2) is 0 Å². The molecule has 1 fully saturated rings. The number of hydrogen-bond acceptors (Lipinski definition) is 10. The Morgan fingerprint density at radius 1 is 1.06 bits per heavy atom. The summed E-state index contributed by atoms with van der Waals surface area (Å²) in [4.78, 5) is 81.3. The minimum Gasteiger partial charge on any atom is -0.481 e. The monoisotopic (exact) mass is 488 g/mol. The van der Waals surface area contributed by atoms with E-state index in [2.05, 4.69) is 10.6 Å². The van der Waals surface area contributed by atoms with E-state index in [0.29, 0.717) is 0 Å². The fourth-order valence-electron chi connectivity index (χ4n) is 2.63. The van der Waals surface area contributed by atoms with Gasteiger partial charge in [0.2, 0.25) is 5.91 Å². The van der Waals surface area contributed by atoms with Gasteiger partial charge in [-0.25, -0.2) is 9.59 Å². The normalized spacial score (nSPS) is 18.2. The van der Waals surface area contributed by atoms with E-state index in [9.17, 15) is 33.6 Å². The highest BCUT2D eigenvalue weighted by molar-refractivity contribution is 8.13. The summed E-state index contributed by atoms with van der Waals surface area (Å²) in [5, 5.41) is 13.2. The number of carbonyl (C=O) groups is 7. The van der Waals surface area contributed by atoms with Gasteiger partial charge in [-0.2, -0.15) is 0 Å². The Bertz CT molecular complexity index is 811.